The maximum atomic E-state index is 7.38. The molecule has 0 aliphatic carbocycles. The highest BCUT2D eigenvalue weighted by atomic mass is 32.2. The molecule has 0 aromatic heterocycles. The van der Waals surface area contributed by atoms with Crippen LogP contribution < -0.4 is 5.73 Å². The third-order valence-electron chi connectivity index (χ3n) is 1.77. The van der Waals surface area contributed by atoms with Crippen molar-refractivity contribution < 1.29 is 0 Å². The third-order valence-corrected chi connectivity index (χ3v) is 2.69. The van der Waals surface area contributed by atoms with Crippen LogP contribution in [0.5, 0.6) is 0 Å². The number of rotatable bonds is 4. The van der Waals surface area contributed by atoms with Crippen LogP contribution in [0.2, 0.25) is 0 Å². The van der Waals surface area contributed by atoms with Gasteiger partial charge in [0.15, 0.2) is 0 Å². The average Bonchev–Trinajstić information content (AvgIpc) is 2.15. The molecule has 0 bridgehead atoms. The Bertz CT molecular complexity index is 297. The minimum Gasteiger partial charge on any atom is -0.384 e. The monoisotopic (exact) mass is 194 g/mol. The molecule has 70 valence electrons. The van der Waals surface area contributed by atoms with Crippen molar-refractivity contribution >= 4 is 17.6 Å². The van der Waals surface area contributed by atoms with Crippen molar-refractivity contribution in [2.75, 3.05) is 5.75 Å². The molecule has 1 rings (SSSR count). The minimum absolute atomic E-state index is 0.160. The van der Waals surface area contributed by atoms with Crippen LogP contribution >= 0.6 is 11.8 Å². The maximum absolute atomic E-state index is 7.38. The van der Waals surface area contributed by atoms with E-state index in [1.54, 1.807) is 0 Å². The molecule has 0 amide bonds. The first-order chi connectivity index (χ1) is 6.25. The number of hydrogen-bond acceptors (Lipinski definition) is 2. The summed E-state index contributed by atoms with van der Waals surface area (Å²) >= 11 is 1.84. The highest BCUT2D eigenvalue weighted by Gasteiger charge is 2.02. The maximum Gasteiger partial charge on any atom is 0.123 e. The summed E-state index contributed by atoms with van der Waals surface area (Å²) in [5.41, 5.74) is 7.48. The second kappa shape index (κ2) is 4.92. The molecular weight excluding hydrogens is 180 g/mol. The summed E-state index contributed by atoms with van der Waals surface area (Å²) in [6, 6.07) is 7.82. The second-order valence-electron chi connectivity index (χ2n) is 2.71. The second-order valence-corrected chi connectivity index (χ2v) is 3.98. The Morgan fingerprint density at radius 3 is 2.77 bits per heavy atom. The van der Waals surface area contributed by atoms with E-state index in [2.05, 4.69) is 6.92 Å². The molecule has 2 nitrogen and oxygen atoms in total. The number of nitrogens with two attached hydrogens (primary N) is 1. The molecule has 0 aliphatic heterocycles. The molecule has 1 aromatic carbocycles. The van der Waals surface area contributed by atoms with Gasteiger partial charge >= 0.3 is 0 Å². The minimum atomic E-state index is 0.160. The summed E-state index contributed by atoms with van der Waals surface area (Å²) < 4.78 is 0. The molecule has 0 unspecified atom stereocenters. The smallest absolute Gasteiger partial charge is 0.123 e. The summed E-state index contributed by atoms with van der Waals surface area (Å²) in [5, 5.41) is 7.38. The van der Waals surface area contributed by atoms with E-state index >= 15 is 0 Å². The van der Waals surface area contributed by atoms with Gasteiger partial charge in [0, 0.05) is 11.3 Å². The number of amidine groups is 1. The molecule has 3 N–H and O–H groups in total. The number of hydrogen-bond donors (Lipinski definition) is 2. The van der Waals surface area contributed by atoms with Gasteiger partial charge in [0.25, 0.3) is 0 Å². The van der Waals surface area contributed by atoms with Gasteiger partial charge in [0.05, 0.1) is 0 Å². The van der Waals surface area contributed by atoms with Crippen molar-refractivity contribution in [3.05, 3.63) is 35.4 Å². The highest BCUT2D eigenvalue weighted by molar-refractivity contribution is 7.98. The van der Waals surface area contributed by atoms with Gasteiger partial charge < -0.3 is 5.73 Å². The lowest BCUT2D eigenvalue weighted by Gasteiger charge is -2.06. The Balaban J connectivity index is 2.84. The van der Waals surface area contributed by atoms with E-state index in [9.17, 15) is 0 Å². The van der Waals surface area contributed by atoms with Crippen molar-refractivity contribution in [1.29, 1.82) is 5.41 Å². The standard InChI is InChI=1S/C10H14N2S/c1-2-13-7-8-5-3-4-6-9(8)10(11)12/h3-6H,2,7H2,1H3,(H3,11,12). The molecule has 1 aromatic rings. The van der Waals surface area contributed by atoms with Crippen LogP contribution in [-0.2, 0) is 5.75 Å². The lowest BCUT2D eigenvalue weighted by Crippen LogP contribution is -2.13. The Morgan fingerprint density at radius 2 is 2.15 bits per heavy atom. The lowest BCUT2D eigenvalue weighted by molar-refractivity contribution is 1.33. The fourth-order valence-corrected chi connectivity index (χ4v) is 1.80. The van der Waals surface area contributed by atoms with Crippen LogP contribution in [0.3, 0.4) is 0 Å². The van der Waals surface area contributed by atoms with Crippen molar-refractivity contribution in [1.82, 2.24) is 0 Å². The van der Waals surface area contributed by atoms with Crippen LogP contribution in [0, 0.1) is 5.41 Å². The van der Waals surface area contributed by atoms with E-state index in [1.165, 1.54) is 0 Å². The Hall–Kier alpha value is -0.960. The molecule has 0 fully saturated rings. The summed E-state index contributed by atoms with van der Waals surface area (Å²) in [4.78, 5) is 0. The Kier molecular flexibility index (Phi) is 3.83. The average molecular weight is 194 g/mol. The summed E-state index contributed by atoms with van der Waals surface area (Å²) in [7, 11) is 0. The molecule has 0 saturated carbocycles. The number of benzene rings is 1. The Labute approximate surface area is 83.0 Å². The molecule has 3 heteroatoms. The zero-order valence-electron chi connectivity index (χ0n) is 7.71. The first kappa shape index (κ1) is 10.1. The molecule has 0 heterocycles. The van der Waals surface area contributed by atoms with Crippen LogP contribution in [-0.4, -0.2) is 11.6 Å². The van der Waals surface area contributed by atoms with Gasteiger partial charge in [-0.05, 0) is 11.3 Å². The van der Waals surface area contributed by atoms with E-state index in [4.69, 9.17) is 11.1 Å². The first-order valence-electron chi connectivity index (χ1n) is 4.25. The van der Waals surface area contributed by atoms with Crippen LogP contribution in [0.1, 0.15) is 18.1 Å². The zero-order valence-corrected chi connectivity index (χ0v) is 8.53. The topological polar surface area (TPSA) is 49.9 Å². The van der Waals surface area contributed by atoms with Gasteiger partial charge in [-0.15, -0.1) is 0 Å². The lowest BCUT2D eigenvalue weighted by atomic mass is 10.1. The van der Waals surface area contributed by atoms with Gasteiger partial charge in [-0.1, -0.05) is 31.2 Å². The number of nitrogens with one attached hydrogen (secondary N) is 1. The first-order valence-corrected chi connectivity index (χ1v) is 5.41. The summed E-state index contributed by atoms with van der Waals surface area (Å²) in [5.74, 6) is 2.19. The normalized spacial score (nSPS) is 9.92. The van der Waals surface area contributed by atoms with Gasteiger partial charge in [-0.2, -0.15) is 11.8 Å². The van der Waals surface area contributed by atoms with Crippen LogP contribution in [0.15, 0.2) is 24.3 Å². The predicted octanol–water partition coefficient (Wildman–Crippen LogP) is 2.22. The van der Waals surface area contributed by atoms with Gasteiger partial charge in [-0.25, -0.2) is 0 Å². The number of thioether (sulfide) groups is 1. The molecule has 0 aliphatic rings. The predicted molar refractivity (Wildman–Crippen MR) is 59.3 cm³/mol. The van der Waals surface area contributed by atoms with Crippen LogP contribution in [0.4, 0.5) is 0 Å². The SMILES string of the molecule is CCSCc1ccccc1C(=N)N. The van der Waals surface area contributed by atoms with Gasteiger partial charge in [0.2, 0.25) is 0 Å². The van der Waals surface area contributed by atoms with Crippen LogP contribution in [0.25, 0.3) is 0 Å². The summed E-state index contributed by atoms with van der Waals surface area (Å²) in [6.07, 6.45) is 0. The summed E-state index contributed by atoms with van der Waals surface area (Å²) in [6.45, 7) is 2.13. The van der Waals surface area contributed by atoms with E-state index in [-0.39, 0.29) is 5.84 Å². The fourth-order valence-electron chi connectivity index (χ4n) is 1.12. The zero-order chi connectivity index (χ0) is 9.68. The van der Waals surface area contributed by atoms with E-state index < -0.39 is 0 Å². The van der Waals surface area contributed by atoms with Crippen molar-refractivity contribution in [2.45, 2.75) is 12.7 Å². The molecule has 13 heavy (non-hydrogen) atoms. The van der Waals surface area contributed by atoms with E-state index in [0.29, 0.717) is 0 Å². The number of nitrogen functional groups attached to an aromatic ring is 1. The molecule has 0 radical (unpaired) electrons. The van der Waals surface area contributed by atoms with Crippen molar-refractivity contribution in [3.63, 3.8) is 0 Å². The molecule has 0 atom stereocenters. The van der Waals surface area contributed by atoms with Gasteiger partial charge in [0.1, 0.15) is 5.84 Å². The molecule has 0 saturated heterocycles. The van der Waals surface area contributed by atoms with Crippen molar-refractivity contribution in [3.8, 4) is 0 Å². The van der Waals surface area contributed by atoms with E-state index in [1.807, 2.05) is 36.0 Å². The van der Waals surface area contributed by atoms with Gasteiger partial charge in [-0.3, -0.25) is 5.41 Å². The largest absolute Gasteiger partial charge is 0.384 e. The Morgan fingerprint density at radius 1 is 1.46 bits per heavy atom. The fraction of sp³-hybridized carbons (Fsp3) is 0.300. The quantitative estimate of drug-likeness (QED) is 0.570. The van der Waals surface area contributed by atoms with E-state index in [0.717, 1.165) is 22.6 Å². The molecular formula is C10H14N2S. The third kappa shape index (κ3) is 2.77. The highest BCUT2D eigenvalue weighted by Crippen LogP contribution is 2.15. The van der Waals surface area contributed by atoms with Crippen molar-refractivity contribution in [2.24, 2.45) is 5.73 Å². The molecule has 0 spiro atoms.